The van der Waals surface area contributed by atoms with Crippen molar-refractivity contribution in [3.8, 4) is 0 Å². The van der Waals surface area contributed by atoms with Crippen LogP contribution in [0.3, 0.4) is 0 Å². The highest BCUT2D eigenvalue weighted by atomic mass is 19.1. The molecule has 2 aromatic rings. The lowest BCUT2D eigenvalue weighted by Crippen LogP contribution is -2.48. The second kappa shape index (κ2) is 8.66. The summed E-state index contributed by atoms with van der Waals surface area (Å²) in [4.78, 5) is 19.8. The largest absolute Gasteiger partial charge is 0.337 e. The minimum Gasteiger partial charge on any atom is -0.337 e. The quantitative estimate of drug-likeness (QED) is 0.858. The van der Waals surface area contributed by atoms with Crippen molar-refractivity contribution in [2.45, 2.75) is 64.1 Å². The minimum atomic E-state index is -0.210. The summed E-state index contributed by atoms with van der Waals surface area (Å²) in [6.07, 6.45) is 8.19. The van der Waals surface area contributed by atoms with Crippen molar-refractivity contribution in [3.05, 3.63) is 53.9 Å². The number of amides is 1. The Morgan fingerprint density at radius 3 is 2.97 bits per heavy atom. The SMILES string of the molecule is Cc1nccn1CC(C)C(=O)N1C[C@@H](c2cccc(F)c2)[C@@H]2NCCCCC[C@H]21. The van der Waals surface area contributed by atoms with Crippen LogP contribution in [0.15, 0.2) is 36.7 Å². The molecule has 6 heteroatoms. The molecule has 3 heterocycles. The van der Waals surface area contributed by atoms with E-state index >= 15 is 0 Å². The lowest BCUT2D eigenvalue weighted by atomic mass is 9.88. The fourth-order valence-corrected chi connectivity index (χ4v) is 5.02. The molecule has 1 aromatic heterocycles. The molecule has 2 fully saturated rings. The highest BCUT2D eigenvalue weighted by molar-refractivity contribution is 5.79. The maximum Gasteiger partial charge on any atom is 0.227 e. The van der Waals surface area contributed by atoms with E-state index in [-0.39, 0.29) is 35.6 Å². The molecule has 0 saturated carbocycles. The number of carbonyl (C=O) groups excluding carboxylic acids is 1. The maximum atomic E-state index is 13.9. The van der Waals surface area contributed by atoms with Gasteiger partial charge in [-0.15, -0.1) is 0 Å². The molecule has 1 N–H and O–H groups in total. The lowest BCUT2D eigenvalue weighted by molar-refractivity contribution is -0.136. The van der Waals surface area contributed by atoms with Crippen LogP contribution < -0.4 is 5.32 Å². The molecule has 1 unspecified atom stereocenters. The molecular weight excluding hydrogens is 367 g/mol. The molecule has 0 bridgehead atoms. The number of rotatable bonds is 4. The van der Waals surface area contributed by atoms with E-state index in [9.17, 15) is 9.18 Å². The number of halogens is 1. The zero-order valence-corrected chi connectivity index (χ0v) is 17.4. The summed E-state index contributed by atoms with van der Waals surface area (Å²) in [5, 5.41) is 3.70. The fourth-order valence-electron chi connectivity index (χ4n) is 5.02. The zero-order chi connectivity index (χ0) is 20.4. The Balaban J connectivity index is 1.57. The number of benzene rings is 1. The first-order valence-electron chi connectivity index (χ1n) is 10.8. The molecular formula is C23H31FN4O. The number of aryl methyl sites for hydroxylation is 1. The second-order valence-corrected chi connectivity index (χ2v) is 8.58. The number of hydrogen-bond donors (Lipinski definition) is 1. The van der Waals surface area contributed by atoms with Crippen LogP contribution in [0, 0.1) is 18.7 Å². The standard InChI is InChI=1S/C23H31FN4O/c1-16(14-27-12-11-25-17(27)2)23(29)28-15-20(18-7-6-8-19(24)13-18)22-21(28)9-4-3-5-10-26-22/h6-8,11-13,16,20-22,26H,3-5,9-10,14-15H2,1-2H3/t16?,20-,21+,22-/m0/s1. The van der Waals surface area contributed by atoms with Crippen LogP contribution in [0.2, 0.25) is 0 Å². The summed E-state index contributed by atoms with van der Waals surface area (Å²) in [7, 11) is 0. The number of nitrogens with zero attached hydrogens (tertiary/aromatic N) is 3. The molecule has 156 valence electrons. The Morgan fingerprint density at radius 2 is 2.21 bits per heavy atom. The Morgan fingerprint density at radius 1 is 1.34 bits per heavy atom. The molecule has 29 heavy (non-hydrogen) atoms. The Bertz CT molecular complexity index is 851. The summed E-state index contributed by atoms with van der Waals surface area (Å²) < 4.78 is 16.0. The Hall–Kier alpha value is -2.21. The number of aromatic nitrogens is 2. The Labute approximate surface area is 172 Å². The van der Waals surface area contributed by atoms with Crippen LogP contribution in [0.25, 0.3) is 0 Å². The van der Waals surface area contributed by atoms with Crippen molar-refractivity contribution >= 4 is 5.91 Å². The van der Waals surface area contributed by atoms with Gasteiger partial charge in [0.25, 0.3) is 0 Å². The van der Waals surface area contributed by atoms with Gasteiger partial charge in [-0.1, -0.05) is 31.9 Å². The van der Waals surface area contributed by atoms with E-state index in [1.165, 1.54) is 12.5 Å². The molecule has 1 aromatic carbocycles. The van der Waals surface area contributed by atoms with Gasteiger partial charge in [0.05, 0.1) is 5.92 Å². The third-order valence-corrected chi connectivity index (χ3v) is 6.57. The summed E-state index contributed by atoms with van der Waals surface area (Å²) in [5.41, 5.74) is 0.987. The first-order valence-corrected chi connectivity index (χ1v) is 10.8. The van der Waals surface area contributed by atoms with Crippen molar-refractivity contribution in [2.75, 3.05) is 13.1 Å². The number of hydrogen-bond acceptors (Lipinski definition) is 3. The molecule has 4 rings (SSSR count). The van der Waals surface area contributed by atoms with Gasteiger partial charge in [0, 0.05) is 43.5 Å². The van der Waals surface area contributed by atoms with Gasteiger partial charge in [0.15, 0.2) is 0 Å². The monoisotopic (exact) mass is 398 g/mol. The highest BCUT2D eigenvalue weighted by Gasteiger charge is 2.45. The van der Waals surface area contributed by atoms with Crippen LogP contribution in [-0.4, -0.2) is 45.5 Å². The average molecular weight is 399 g/mol. The summed E-state index contributed by atoms with van der Waals surface area (Å²) >= 11 is 0. The van der Waals surface area contributed by atoms with Gasteiger partial charge in [0.1, 0.15) is 11.6 Å². The van der Waals surface area contributed by atoms with E-state index in [4.69, 9.17) is 0 Å². The molecule has 0 radical (unpaired) electrons. The van der Waals surface area contributed by atoms with Crippen molar-refractivity contribution in [2.24, 2.45) is 5.92 Å². The van der Waals surface area contributed by atoms with Gasteiger partial charge >= 0.3 is 0 Å². The zero-order valence-electron chi connectivity index (χ0n) is 17.4. The number of carbonyl (C=O) groups is 1. The van der Waals surface area contributed by atoms with E-state index in [0.29, 0.717) is 13.1 Å². The van der Waals surface area contributed by atoms with Crippen LogP contribution in [-0.2, 0) is 11.3 Å². The number of likely N-dealkylation sites (tertiary alicyclic amines) is 1. The fraction of sp³-hybridized carbons (Fsp3) is 0.565. The van der Waals surface area contributed by atoms with Crippen LogP contribution in [0.4, 0.5) is 4.39 Å². The minimum absolute atomic E-state index is 0.125. The molecule has 1 amide bonds. The number of nitrogens with one attached hydrogen (secondary N) is 1. The van der Waals surface area contributed by atoms with Crippen LogP contribution in [0.5, 0.6) is 0 Å². The van der Waals surface area contributed by atoms with Gasteiger partial charge in [-0.2, -0.15) is 0 Å². The van der Waals surface area contributed by atoms with Gasteiger partial charge in [0.2, 0.25) is 5.91 Å². The van der Waals surface area contributed by atoms with Crippen LogP contribution >= 0.6 is 0 Å². The molecule has 5 nitrogen and oxygen atoms in total. The molecule has 2 aliphatic heterocycles. The van der Waals surface area contributed by atoms with E-state index in [1.807, 2.05) is 30.7 Å². The normalized spacial score (nSPS) is 25.9. The van der Waals surface area contributed by atoms with E-state index in [0.717, 1.165) is 37.2 Å². The summed E-state index contributed by atoms with van der Waals surface area (Å²) in [6.45, 7) is 6.21. The predicted molar refractivity (Wildman–Crippen MR) is 111 cm³/mol. The molecule has 4 atom stereocenters. The van der Waals surface area contributed by atoms with E-state index in [1.54, 1.807) is 18.3 Å². The van der Waals surface area contributed by atoms with E-state index < -0.39 is 0 Å². The van der Waals surface area contributed by atoms with Gasteiger partial charge in [-0.05, 0) is 44.0 Å². The highest BCUT2D eigenvalue weighted by Crippen LogP contribution is 2.36. The van der Waals surface area contributed by atoms with Gasteiger partial charge in [-0.25, -0.2) is 9.37 Å². The topological polar surface area (TPSA) is 50.2 Å². The third-order valence-electron chi connectivity index (χ3n) is 6.57. The summed E-state index contributed by atoms with van der Waals surface area (Å²) in [5.74, 6) is 0.905. The van der Waals surface area contributed by atoms with Crippen molar-refractivity contribution < 1.29 is 9.18 Å². The van der Waals surface area contributed by atoms with Crippen molar-refractivity contribution in [3.63, 3.8) is 0 Å². The molecule has 2 aliphatic rings. The molecule has 2 saturated heterocycles. The Kier molecular flexibility index (Phi) is 5.99. The first kappa shape index (κ1) is 20.1. The van der Waals surface area contributed by atoms with Crippen molar-refractivity contribution in [1.82, 2.24) is 19.8 Å². The number of imidazole rings is 1. The number of fused-ring (bicyclic) bond motifs is 1. The predicted octanol–water partition coefficient (Wildman–Crippen LogP) is 3.49. The smallest absolute Gasteiger partial charge is 0.227 e. The first-order chi connectivity index (χ1) is 14.0. The average Bonchev–Trinajstić information content (AvgIpc) is 3.24. The van der Waals surface area contributed by atoms with Crippen LogP contribution in [0.1, 0.15) is 49.9 Å². The van der Waals surface area contributed by atoms with Crippen molar-refractivity contribution in [1.29, 1.82) is 0 Å². The van der Waals surface area contributed by atoms with Gasteiger partial charge in [-0.3, -0.25) is 4.79 Å². The maximum absolute atomic E-state index is 13.9. The van der Waals surface area contributed by atoms with E-state index in [2.05, 4.69) is 15.2 Å². The second-order valence-electron chi connectivity index (χ2n) is 8.58. The lowest BCUT2D eigenvalue weighted by Gasteiger charge is -2.32. The molecule has 0 aliphatic carbocycles. The van der Waals surface area contributed by atoms with Gasteiger partial charge < -0.3 is 14.8 Å². The summed E-state index contributed by atoms with van der Waals surface area (Å²) in [6, 6.07) is 7.24. The third kappa shape index (κ3) is 4.22. The molecule has 0 spiro atoms.